The van der Waals surface area contributed by atoms with Crippen LogP contribution in [0.25, 0.3) is 16.5 Å². The van der Waals surface area contributed by atoms with Crippen LogP contribution in [0.3, 0.4) is 0 Å². The second-order valence-corrected chi connectivity index (χ2v) is 7.75. The molecule has 1 aromatic heterocycles. The molecule has 0 amide bonds. The molecule has 5 rings (SSSR count). The Morgan fingerprint density at radius 3 is 2.46 bits per heavy atom. The maximum Gasteiger partial charge on any atom is 0.261 e. The van der Waals surface area contributed by atoms with E-state index in [0.717, 1.165) is 54.5 Å². The standard InChI is InChI=1S/C22H21ClN4O/c23-17-5-7-18(8-6-17)26-13-11-25(12-14-26)15-16-9-10-27-21(16)24-20-4-2-1-3-19(20)22(27)28/h1-8,15H,9-14H2/b16-15-. The molecule has 2 aromatic carbocycles. The van der Waals surface area contributed by atoms with Crippen molar-refractivity contribution >= 4 is 33.8 Å². The van der Waals surface area contributed by atoms with Gasteiger partial charge in [-0.1, -0.05) is 23.7 Å². The van der Waals surface area contributed by atoms with Crippen LogP contribution < -0.4 is 10.5 Å². The van der Waals surface area contributed by atoms with E-state index >= 15 is 0 Å². The minimum absolute atomic E-state index is 0.0663. The van der Waals surface area contributed by atoms with E-state index in [4.69, 9.17) is 16.6 Å². The second-order valence-electron chi connectivity index (χ2n) is 7.31. The fourth-order valence-electron chi connectivity index (χ4n) is 4.07. The van der Waals surface area contributed by atoms with E-state index in [-0.39, 0.29) is 5.56 Å². The molecule has 2 aliphatic heterocycles. The van der Waals surface area contributed by atoms with Crippen LogP contribution in [0, 0.1) is 0 Å². The van der Waals surface area contributed by atoms with Crippen molar-refractivity contribution in [1.29, 1.82) is 0 Å². The van der Waals surface area contributed by atoms with Gasteiger partial charge in [0.1, 0.15) is 5.82 Å². The van der Waals surface area contributed by atoms with Gasteiger partial charge in [0.05, 0.1) is 10.9 Å². The molecule has 3 heterocycles. The van der Waals surface area contributed by atoms with Crippen LogP contribution >= 0.6 is 11.6 Å². The highest BCUT2D eigenvalue weighted by atomic mass is 35.5. The van der Waals surface area contributed by atoms with E-state index in [1.807, 2.05) is 41.0 Å². The normalized spacial score (nSPS) is 18.1. The Kier molecular flexibility index (Phi) is 4.32. The molecule has 6 heteroatoms. The first-order chi connectivity index (χ1) is 13.7. The third-order valence-electron chi connectivity index (χ3n) is 5.60. The summed E-state index contributed by atoms with van der Waals surface area (Å²) < 4.78 is 1.82. The lowest BCUT2D eigenvalue weighted by Crippen LogP contribution is -2.44. The molecule has 0 saturated carbocycles. The van der Waals surface area contributed by atoms with Crippen LogP contribution in [0.2, 0.25) is 5.02 Å². The molecule has 0 radical (unpaired) electrons. The summed E-state index contributed by atoms with van der Waals surface area (Å²) in [6, 6.07) is 15.6. The Bertz CT molecular complexity index is 1110. The minimum atomic E-state index is 0.0663. The largest absolute Gasteiger partial charge is 0.373 e. The summed E-state index contributed by atoms with van der Waals surface area (Å²) in [5.41, 5.74) is 3.21. The van der Waals surface area contributed by atoms with Gasteiger partial charge in [-0.25, -0.2) is 4.98 Å². The van der Waals surface area contributed by atoms with Crippen LogP contribution in [0.5, 0.6) is 0 Å². The lowest BCUT2D eigenvalue weighted by Gasteiger charge is -2.36. The number of para-hydroxylation sites is 1. The Morgan fingerprint density at radius 1 is 0.929 bits per heavy atom. The van der Waals surface area contributed by atoms with Gasteiger partial charge in [0.2, 0.25) is 0 Å². The third-order valence-corrected chi connectivity index (χ3v) is 5.85. The van der Waals surface area contributed by atoms with Gasteiger partial charge in [-0.05, 0) is 42.8 Å². The molecule has 5 nitrogen and oxygen atoms in total. The van der Waals surface area contributed by atoms with Gasteiger partial charge < -0.3 is 9.80 Å². The summed E-state index contributed by atoms with van der Waals surface area (Å²) in [6.07, 6.45) is 3.06. The molecule has 0 spiro atoms. The Labute approximate surface area is 168 Å². The van der Waals surface area contributed by atoms with Gasteiger partial charge in [0.15, 0.2) is 0 Å². The van der Waals surface area contributed by atoms with Gasteiger partial charge in [-0.15, -0.1) is 0 Å². The average Bonchev–Trinajstić information content (AvgIpc) is 3.12. The van der Waals surface area contributed by atoms with Gasteiger partial charge in [0, 0.05) is 55.2 Å². The fourth-order valence-corrected chi connectivity index (χ4v) is 4.19. The number of aromatic nitrogens is 2. The zero-order chi connectivity index (χ0) is 19.1. The molecule has 3 aromatic rings. The topological polar surface area (TPSA) is 41.4 Å². The predicted molar refractivity (Wildman–Crippen MR) is 114 cm³/mol. The Balaban J connectivity index is 1.36. The first-order valence-electron chi connectivity index (χ1n) is 9.64. The summed E-state index contributed by atoms with van der Waals surface area (Å²) in [4.78, 5) is 22.3. The number of anilines is 1. The highest BCUT2D eigenvalue weighted by Crippen LogP contribution is 2.26. The van der Waals surface area contributed by atoms with Gasteiger partial charge in [0.25, 0.3) is 5.56 Å². The van der Waals surface area contributed by atoms with Crippen molar-refractivity contribution in [1.82, 2.24) is 14.5 Å². The molecule has 28 heavy (non-hydrogen) atoms. The summed E-state index contributed by atoms with van der Waals surface area (Å²) >= 11 is 5.99. The lowest BCUT2D eigenvalue weighted by molar-refractivity contribution is 0.349. The zero-order valence-corrected chi connectivity index (χ0v) is 16.3. The van der Waals surface area contributed by atoms with E-state index in [9.17, 15) is 4.79 Å². The number of halogens is 1. The molecule has 142 valence electrons. The Morgan fingerprint density at radius 2 is 1.68 bits per heavy atom. The van der Waals surface area contributed by atoms with Gasteiger partial charge >= 0.3 is 0 Å². The molecule has 0 aliphatic carbocycles. The van der Waals surface area contributed by atoms with Crippen LogP contribution in [-0.4, -0.2) is 40.6 Å². The van der Waals surface area contributed by atoms with Crippen LogP contribution in [0.4, 0.5) is 5.69 Å². The number of fused-ring (bicyclic) bond motifs is 2. The number of hydrogen-bond acceptors (Lipinski definition) is 4. The molecule has 0 bridgehead atoms. The summed E-state index contributed by atoms with van der Waals surface area (Å²) in [7, 11) is 0. The molecular weight excluding hydrogens is 372 g/mol. The van der Waals surface area contributed by atoms with Crippen molar-refractivity contribution in [2.45, 2.75) is 13.0 Å². The molecule has 1 saturated heterocycles. The molecule has 0 atom stereocenters. The molecule has 2 aliphatic rings. The number of hydrogen-bond donors (Lipinski definition) is 0. The number of piperazine rings is 1. The van der Waals surface area contributed by atoms with Gasteiger partial charge in [-0.2, -0.15) is 0 Å². The zero-order valence-electron chi connectivity index (χ0n) is 15.5. The number of benzene rings is 2. The molecule has 0 N–H and O–H groups in total. The van der Waals surface area contributed by atoms with E-state index in [1.54, 1.807) is 0 Å². The van der Waals surface area contributed by atoms with Crippen molar-refractivity contribution in [3.63, 3.8) is 0 Å². The predicted octanol–water partition coefficient (Wildman–Crippen LogP) is 3.62. The van der Waals surface area contributed by atoms with E-state index < -0.39 is 0 Å². The summed E-state index contributed by atoms with van der Waals surface area (Å²) in [6.45, 7) is 4.53. The maximum absolute atomic E-state index is 12.7. The lowest BCUT2D eigenvalue weighted by atomic mass is 10.2. The van der Waals surface area contributed by atoms with Crippen molar-refractivity contribution < 1.29 is 0 Å². The molecule has 1 fully saturated rings. The van der Waals surface area contributed by atoms with Crippen LogP contribution in [0.15, 0.2) is 59.5 Å². The first kappa shape index (κ1) is 17.3. The van der Waals surface area contributed by atoms with Crippen LogP contribution in [0.1, 0.15) is 12.2 Å². The van der Waals surface area contributed by atoms with Crippen molar-refractivity contribution in [3.05, 3.63) is 75.9 Å². The third kappa shape index (κ3) is 3.06. The SMILES string of the molecule is O=c1c2ccccc2nc2n1CC/C2=C/N1CCN(c2ccc(Cl)cc2)CC1. The maximum atomic E-state index is 12.7. The quantitative estimate of drug-likeness (QED) is 0.668. The van der Waals surface area contributed by atoms with E-state index in [2.05, 4.69) is 28.1 Å². The van der Waals surface area contributed by atoms with Gasteiger partial charge in [-0.3, -0.25) is 9.36 Å². The van der Waals surface area contributed by atoms with Crippen molar-refractivity contribution in [2.24, 2.45) is 0 Å². The monoisotopic (exact) mass is 392 g/mol. The highest BCUT2D eigenvalue weighted by molar-refractivity contribution is 6.30. The average molecular weight is 393 g/mol. The Hall–Kier alpha value is -2.79. The van der Waals surface area contributed by atoms with Crippen LogP contribution in [-0.2, 0) is 6.54 Å². The fraction of sp³-hybridized carbons (Fsp3) is 0.273. The highest BCUT2D eigenvalue weighted by Gasteiger charge is 2.23. The minimum Gasteiger partial charge on any atom is -0.373 e. The summed E-state index contributed by atoms with van der Waals surface area (Å²) in [5.74, 6) is 0.823. The number of allylic oxidation sites excluding steroid dienone is 1. The first-order valence-corrected chi connectivity index (χ1v) is 10.0. The molecular formula is C22H21ClN4O. The second kappa shape index (κ2) is 6.99. The van der Waals surface area contributed by atoms with E-state index in [0.29, 0.717) is 11.9 Å². The van der Waals surface area contributed by atoms with Crippen molar-refractivity contribution in [2.75, 3.05) is 31.1 Å². The molecule has 0 unspecified atom stereocenters. The van der Waals surface area contributed by atoms with E-state index in [1.165, 1.54) is 5.69 Å². The van der Waals surface area contributed by atoms with Crippen molar-refractivity contribution in [3.8, 4) is 0 Å². The number of nitrogens with zero attached hydrogens (tertiary/aromatic N) is 4. The summed E-state index contributed by atoms with van der Waals surface area (Å²) in [5, 5.41) is 1.46. The smallest absolute Gasteiger partial charge is 0.261 e. The number of rotatable bonds is 2.